The maximum absolute atomic E-state index is 12.9. The average Bonchev–Trinajstić information content (AvgIpc) is 2.93. The van der Waals surface area contributed by atoms with Gasteiger partial charge in [0.25, 0.3) is 10.0 Å². The summed E-state index contributed by atoms with van der Waals surface area (Å²) >= 11 is 6.10. The van der Waals surface area contributed by atoms with Gasteiger partial charge in [-0.25, -0.2) is 18.4 Å². The number of aromatic nitrogens is 3. The third-order valence-electron chi connectivity index (χ3n) is 7.00. The fourth-order valence-electron chi connectivity index (χ4n) is 4.89. The van der Waals surface area contributed by atoms with Crippen LogP contribution in [0.2, 0.25) is 5.02 Å². The van der Waals surface area contributed by atoms with E-state index < -0.39 is 10.0 Å². The summed E-state index contributed by atoms with van der Waals surface area (Å²) in [6.07, 6.45) is 6.60. The number of hydrogen-bond donors (Lipinski definition) is 3. The van der Waals surface area contributed by atoms with Crippen molar-refractivity contribution >= 4 is 44.3 Å². The van der Waals surface area contributed by atoms with Gasteiger partial charge >= 0.3 is 0 Å². The molecule has 0 amide bonds. The van der Waals surface area contributed by atoms with Gasteiger partial charge in [-0.3, -0.25) is 4.72 Å². The molecule has 0 radical (unpaired) electrons. The van der Waals surface area contributed by atoms with Crippen molar-refractivity contribution in [3.8, 4) is 17.0 Å². The van der Waals surface area contributed by atoms with Gasteiger partial charge in [0.1, 0.15) is 10.7 Å². The Balaban J connectivity index is 1.44. The van der Waals surface area contributed by atoms with Gasteiger partial charge in [0, 0.05) is 29.2 Å². The largest absolute Gasteiger partial charge is 0.480 e. The number of ether oxygens (including phenoxy) is 1. The molecule has 0 bridgehead atoms. The number of nitrogens with two attached hydrogens (primary N) is 1. The first-order chi connectivity index (χ1) is 18.8. The molecule has 39 heavy (non-hydrogen) atoms. The fraction of sp³-hybridized carbons (Fsp3) is 0.321. The van der Waals surface area contributed by atoms with Gasteiger partial charge in [0.2, 0.25) is 11.8 Å². The van der Waals surface area contributed by atoms with Crippen molar-refractivity contribution in [3.05, 3.63) is 65.3 Å². The lowest BCUT2D eigenvalue weighted by Gasteiger charge is -2.26. The van der Waals surface area contributed by atoms with Crippen LogP contribution in [0.25, 0.3) is 22.0 Å². The third kappa shape index (κ3) is 5.93. The SMILES string of the molecule is CCc1cc2nc(NC3CCC(N)CC3)ncc2cc1-c1ccc(NS(=O)(=O)c2ccccc2Cl)nc1OC. The van der Waals surface area contributed by atoms with Crippen LogP contribution in [0.3, 0.4) is 0 Å². The number of methoxy groups -OCH3 is 1. The van der Waals surface area contributed by atoms with Crippen LogP contribution < -0.4 is 20.5 Å². The number of benzene rings is 2. The van der Waals surface area contributed by atoms with Crippen molar-refractivity contribution in [2.45, 2.75) is 56.0 Å². The Hall–Kier alpha value is -3.47. The number of sulfonamides is 1. The molecule has 4 aromatic rings. The number of nitrogens with zero attached hydrogens (tertiary/aromatic N) is 3. The van der Waals surface area contributed by atoms with Crippen LogP contribution >= 0.6 is 11.6 Å². The number of hydrogen-bond acceptors (Lipinski definition) is 8. The number of fused-ring (bicyclic) bond motifs is 1. The molecule has 2 aromatic heterocycles. The second kappa shape index (κ2) is 11.3. The van der Waals surface area contributed by atoms with Gasteiger partial charge in [-0.05, 0) is 79.6 Å². The smallest absolute Gasteiger partial charge is 0.264 e. The topological polar surface area (TPSA) is 132 Å². The first kappa shape index (κ1) is 27.1. The molecule has 1 saturated carbocycles. The molecule has 4 N–H and O–H groups in total. The molecule has 0 aliphatic heterocycles. The Kier molecular flexibility index (Phi) is 7.88. The summed E-state index contributed by atoms with van der Waals surface area (Å²) in [6, 6.07) is 14.3. The zero-order valence-electron chi connectivity index (χ0n) is 21.8. The molecule has 0 atom stereocenters. The molecular weight excluding hydrogens is 536 g/mol. The van der Waals surface area contributed by atoms with Gasteiger partial charge < -0.3 is 15.8 Å². The summed E-state index contributed by atoms with van der Waals surface area (Å²) in [5.41, 5.74) is 9.59. The van der Waals surface area contributed by atoms with Crippen LogP contribution in [0.4, 0.5) is 11.8 Å². The standard InChI is InChI=1S/C28H31ClN6O3S/c1-3-17-15-24-18(16-31-28(33-24)32-20-10-8-19(30)9-11-20)14-22(17)21-12-13-26(34-27(21)38-2)35-39(36,37)25-7-5-4-6-23(25)29/h4-7,12-16,19-20H,3,8-11,30H2,1-2H3,(H,34,35)(H,31,32,33). The minimum Gasteiger partial charge on any atom is -0.480 e. The number of anilines is 2. The molecule has 0 saturated heterocycles. The molecule has 204 valence electrons. The monoisotopic (exact) mass is 566 g/mol. The van der Waals surface area contributed by atoms with Crippen LogP contribution in [-0.4, -0.2) is 42.6 Å². The van der Waals surface area contributed by atoms with Crippen molar-refractivity contribution in [1.29, 1.82) is 0 Å². The van der Waals surface area contributed by atoms with E-state index in [9.17, 15) is 8.42 Å². The summed E-state index contributed by atoms with van der Waals surface area (Å²) in [7, 11) is -2.43. The second-order valence-corrected chi connectivity index (χ2v) is 11.7. The minimum atomic E-state index is -3.93. The van der Waals surface area contributed by atoms with Crippen molar-refractivity contribution < 1.29 is 13.2 Å². The van der Waals surface area contributed by atoms with E-state index in [0.717, 1.165) is 59.7 Å². The van der Waals surface area contributed by atoms with Crippen LogP contribution in [0, 0.1) is 0 Å². The maximum Gasteiger partial charge on any atom is 0.264 e. The Morgan fingerprint density at radius 2 is 1.82 bits per heavy atom. The second-order valence-electron chi connectivity index (χ2n) is 9.66. The van der Waals surface area contributed by atoms with Crippen LogP contribution in [0.15, 0.2) is 59.6 Å². The fourth-order valence-corrected chi connectivity index (χ4v) is 6.42. The van der Waals surface area contributed by atoms with Crippen LogP contribution in [0.5, 0.6) is 5.88 Å². The van der Waals surface area contributed by atoms with Crippen molar-refractivity contribution in [2.24, 2.45) is 5.73 Å². The number of aryl methyl sites for hydroxylation is 1. The Morgan fingerprint density at radius 1 is 1.05 bits per heavy atom. The molecule has 5 rings (SSSR count). The Bertz CT molecular complexity index is 1610. The normalized spacial score (nSPS) is 17.6. The van der Waals surface area contributed by atoms with E-state index in [2.05, 4.69) is 33.0 Å². The predicted molar refractivity (Wildman–Crippen MR) is 155 cm³/mol. The van der Waals surface area contributed by atoms with Gasteiger partial charge in [-0.2, -0.15) is 4.98 Å². The van der Waals surface area contributed by atoms with Crippen molar-refractivity contribution in [3.63, 3.8) is 0 Å². The number of pyridine rings is 1. The van der Waals surface area contributed by atoms with E-state index in [1.54, 1.807) is 24.3 Å². The van der Waals surface area contributed by atoms with E-state index >= 15 is 0 Å². The Labute approximate surface area is 233 Å². The molecule has 1 fully saturated rings. The van der Waals surface area contributed by atoms with Gasteiger partial charge in [-0.15, -0.1) is 0 Å². The average molecular weight is 567 g/mol. The first-order valence-electron chi connectivity index (χ1n) is 12.9. The summed E-state index contributed by atoms with van der Waals surface area (Å²) in [4.78, 5) is 13.7. The molecule has 0 unspecified atom stereocenters. The molecule has 0 spiro atoms. The third-order valence-corrected chi connectivity index (χ3v) is 8.85. The predicted octanol–water partition coefficient (Wildman–Crippen LogP) is 5.40. The summed E-state index contributed by atoms with van der Waals surface area (Å²) in [6.45, 7) is 2.07. The number of halogens is 1. The summed E-state index contributed by atoms with van der Waals surface area (Å²) < 4.78 is 33.9. The highest BCUT2D eigenvalue weighted by atomic mass is 35.5. The van der Waals surface area contributed by atoms with Crippen LogP contribution in [-0.2, 0) is 16.4 Å². The highest BCUT2D eigenvalue weighted by Gasteiger charge is 2.21. The van der Waals surface area contributed by atoms with Gasteiger partial charge in [0.05, 0.1) is 17.6 Å². The maximum atomic E-state index is 12.9. The van der Waals surface area contributed by atoms with E-state index in [1.807, 2.05) is 12.3 Å². The van der Waals surface area contributed by atoms with E-state index in [-0.39, 0.29) is 27.7 Å². The molecule has 2 heterocycles. The van der Waals surface area contributed by atoms with E-state index in [1.165, 1.54) is 19.2 Å². The van der Waals surface area contributed by atoms with Gasteiger partial charge in [-0.1, -0.05) is 30.7 Å². The Morgan fingerprint density at radius 3 is 2.54 bits per heavy atom. The highest BCUT2D eigenvalue weighted by molar-refractivity contribution is 7.92. The molecule has 1 aliphatic carbocycles. The minimum absolute atomic E-state index is 0.0276. The highest BCUT2D eigenvalue weighted by Crippen LogP contribution is 2.35. The number of rotatable bonds is 8. The molecule has 11 heteroatoms. The molecular formula is C28H31ClN6O3S. The lowest BCUT2D eigenvalue weighted by molar-refractivity contribution is 0.400. The first-order valence-corrected chi connectivity index (χ1v) is 14.8. The molecule has 9 nitrogen and oxygen atoms in total. The van der Waals surface area contributed by atoms with Crippen molar-refractivity contribution in [1.82, 2.24) is 15.0 Å². The van der Waals surface area contributed by atoms with E-state index in [4.69, 9.17) is 27.1 Å². The molecule has 1 aliphatic rings. The van der Waals surface area contributed by atoms with Crippen LogP contribution in [0.1, 0.15) is 38.2 Å². The quantitative estimate of drug-likeness (QED) is 0.258. The molecule has 2 aromatic carbocycles. The van der Waals surface area contributed by atoms with Gasteiger partial charge in [0.15, 0.2) is 0 Å². The number of nitrogens with one attached hydrogen (secondary N) is 2. The lowest BCUT2D eigenvalue weighted by Crippen LogP contribution is -2.33. The zero-order chi connectivity index (χ0) is 27.6. The zero-order valence-corrected chi connectivity index (χ0v) is 23.4. The van der Waals surface area contributed by atoms with E-state index in [0.29, 0.717) is 12.0 Å². The lowest BCUT2D eigenvalue weighted by atomic mass is 9.92. The van der Waals surface area contributed by atoms with Crippen molar-refractivity contribution in [2.75, 3.05) is 17.1 Å². The summed E-state index contributed by atoms with van der Waals surface area (Å²) in [5.74, 6) is 1.03. The summed E-state index contributed by atoms with van der Waals surface area (Å²) in [5, 5.41) is 4.47.